The molecule has 2 fully saturated rings. The standard InChI is InChI=1S/C17H18N2O3/c20-12-3-1-2-10(8-12)15-6-7-16(22-15)17(21)19-14-9-11-4-5-13(14)18-11/h1-3,6-8,11,13-14,18,20H,4-5,9H2,(H,19,21). The van der Waals surface area contributed by atoms with Gasteiger partial charge in [0.25, 0.3) is 5.91 Å². The fourth-order valence-electron chi connectivity index (χ4n) is 3.50. The van der Waals surface area contributed by atoms with Crippen molar-refractivity contribution in [1.29, 1.82) is 0 Å². The third kappa shape index (κ3) is 2.37. The summed E-state index contributed by atoms with van der Waals surface area (Å²) in [5.41, 5.74) is 0.751. The average molecular weight is 298 g/mol. The van der Waals surface area contributed by atoms with Crippen LogP contribution in [0.3, 0.4) is 0 Å². The lowest BCUT2D eigenvalue weighted by molar-refractivity contribution is 0.0903. The van der Waals surface area contributed by atoms with Crippen LogP contribution in [0, 0.1) is 0 Å². The number of hydrogen-bond donors (Lipinski definition) is 3. The van der Waals surface area contributed by atoms with Gasteiger partial charge in [0.05, 0.1) is 0 Å². The van der Waals surface area contributed by atoms with Gasteiger partial charge < -0.3 is 20.2 Å². The Morgan fingerprint density at radius 1 is 1.27 bits per heavy atom. The number of furan rings is 1. The smallest absolute Gasteiger partial charge is 0.287 e. The molecule has 5 nitrogen and oxygen atoms in total. The molecule has 2 aromatic rings. The van der Waals surface area contributed by atoms with Crippen LogP contribution in [0.25, 0.3) is 11.3 Å². The zero-order valence-electron chi connectivity index (χ0n) is 12.1. The van der Waals surface area contributed by atoms with E-state index in [1.54, 1.807) is 30.3 Å². The van der Waals surface area contributed by atoms with Crippen LogP contribution in [0.4, 0.5) is 0 Å². The van der Waals surface area contributed by atoms with Crippen LogP contribution < -0.4 is 10.6 Å². The summed E-state index contributed by atoms with van der Waals surface area (Å²) in [5.74, 6) is 0.881. The summed E-state index contributed by atoms with van der Waals surface area (Å²) in [6.07, 6.45) is 3.33. The highest BCUT2D eigenvalue weighted by atomic mass is 16.4. The van der Waals surface area contributed by atoms with Crippen molar-refractivity contribution < 1.29 is 14.3 Å². The number of hydrogen-bond acceptors (Lipinski definition) is 4. The molecule has 2 bridgehead atoms. The topological polar surface area (TPSA) is 74.5 Å². The summed E-state index contributed by atoms with van der Waals surface area (Å²) >= 11 is 0. The summed E-state index contributed by atoms with van der Waals surface area (Å²) in [4.78, 5) is 12.3. The molecule has 0 radical (unpaired) electrons. The average Bonchev–Trinajstić information content (AvgIpc) is 3.23. The number of phenolic OH excluding ortho intramolecular Hbond substituents is 1. The molecule has 0 spiro atoms. The monoisotopic (exact) mass is 298 g/mol. The lowest BCUT2D eigenvalue weighted by atomic mass is 9.95. The van der Waals surface area contributed by atoms with Gasteiger partial charge in [0.15, 0.2) is 5.76 Å². The van der Waals surface area contributed by atoms with Gasteiger partial charge in [-0.25, -0.2) is 0 Å². The Balaban J connectivity index is 1.48. The number of benzene rings is 1. The third-order valence-electron chi connectivity index (χ3n) is 4.58. The van der Waals surface area contributed by atoms with E-state index in [1.807, 2.05) is 6.07 Å². The number of carbonyl (C=O) groups is 1. The molecule has 3 heterocycles. The highest BCUT2D eigenvalue weighted by Gasteiger charge is 2.39. The number of amides is 1. The predicted octanol–water partition coefficient (Wildman–Crippen LogP) is 2.27. The molecule has 3 N–H and O–H groups in total. The molecule has 2 aliphatic heterocycles. The van der Waals surface area contributed by atoms with Crippen LogP contribution in [0.15, 0.2) is 40.8 Å². The summed E-state index contributed by atoms with van der Waals surface area (Å²) in [7, 11) is 0. The van der Waals surface area contributed by atoms with Crippen LogP contribution >= 0.6 is 0 Å². The number of carbonyl (C=O) groups excluding carboxylic acids is 1. The number of rotatable bonds is 3. The van der Waals surface area contributed by atoms with Crippen LogP contribution in [0.5, 0.6) is 5.75 Å². The van der Waals surface area contributed by atoms with Gasteiger partial charge in [0.1, 0.15) is 11.5 Å². The molecular formula is C17H18N2O3. The second-order valence-electron chi connectivity index (χ2n) is 6.08. The van der Waals surface area contributed by atoms with Crippen molar-refractivity contribution in [2.75, 3.05) is 0 Å². The quantitative estimate of drug-likeness (QED) is 0.812. The van der Waals surface area contributed by atoms with Crippen molar-refractivity contribution >= 4 is 5.91 Å². The van der Waals surface area contributed by atoms with Crippen molar-refractivity contribution in [2.24, 2.45) is 0 Å². The largest absolute Gasteiger partial charge is 0.508 e. The van der Waals surface area contributed by atoms with Gasteiger partial charge in [-0.3, -0.25) is 4.79 Å². The molecule has 1 amide bonds. The van der Waals surface area contributed by atoms with Gasteiger partial charge in [-0.15, -0.1) is 0 Å². The fraction of sp³-hybridized carbons (Fsp3) is 0.353. The molecule has 1 aromatic carbocycles. The first kappa shape index (κ1) is 13.4. The Morgan fingerprint density at radius 3 is 2.91 bits per heavy atom. The van der Waals surface area contributed by atoms with Crippen LogP contribution in [-0.2, 0) is 0 Å². The molecule has 3 atom stereocenters. The van der Waals surface area contributed by atoms with E-state index in [0.29, 0.717) is 23.6 Å². The minimum Gasteiger partial charge on any atom is -0.508 e. The van der Waals surface area contributed by atoms with E-state index in [1.165, 1.54) is 6.42 Å². The molecular weight excluding hydrogens is 280 g/mol. The Hall–Kier alpha value is -2.27. The summed E-state index contributed by atoms with van der Waals surface area (Å²) in [6.45, 7) is 0. The SMILES string of the molecule is O=C(NC1CC2CCC1N2)c1ccc(-c2cccc(O)c2)o1. The molecule has 5 heteroatoms. The van der Waals surface area contributed by atoms with Gasteiger partial charge in [-0.1, -0.05) is 12.1 Å². The summed E-state index contributed by atoms with van der Waals surface area (Å²) < 4.78 is 5.63. The van der Waals surface area contributed by atoms with E-state index in [2.05, 4.69) is 10.6 Å². The first-order valence-corrected chi connectivity index (χ1v) is 7.65. The molecule has 22 heavy (non-hydrogen) atoms. The van der Waals surface area contributed by atoms with Crippen molar-refractivity contribution in [1.82, 2.24) is 10.6 Å². The summed E-state index contributed by atoms with van der Waals surface area (Å²) in [6, 6.07) is 11.4. The molecule has 4 rings (SSSR count). The maximum absolute atomic E-state index is 12.3. The molecule has 2 saturated heterocycles. The highest BCUT2D eigenvalue weighted by molar-refractivity contribution is 5.92. The van der Waals surface area contributed by atoms with Crippen molar-refractivity contribution in [3.63, 3.8) is 0 Å². The van der Waals surface area contributed by atoms with Crippen LogP contribution in [-0.4, -0.2) is 29.1 Å². The van der Waals surface area contributed by atoms with Crippen LogP contribution in [0.1, 0.15) is 29.8 Å². The Kier molecular flexibility index (Phi) is 3.15. The first-order valence-electron chi connectivity index (χ1n) is 7.65. The van der Waals surface area contributed by atoms with Gasteiger partial charge >= 0.3 is 0 Å². The number of fused-ring (bicyclic) bond motifs is 2. The maximum Gasteiger partial charge on any atom is 0.287 e. The lowest BCUT2D eigenvalue weighted by Crippen LogP contribution is -2.42. The Morgan fingerprint density at radius 2 is 2.18 bits per heavy atom. The zero-order chi connectivity index (χ0) is 15.1. The van der Waals surface area contributed by atoms with Crippen molar-refractivity contribution in [2.45, 2.75) is 37.4 Å². The lowest BCUT2D eigenvalue weighted by Gasteiger charge is -2.20. The summed E-state index contributed by atoms with van der Waals surface area (Å²) in [5, 5.41) is 16.1. The fourth-order valence-corrected chi connectivity index (χ4v) is 3.50. The number of nitrogens with one attached hydrogen (secondary N) is 2. The highest BCUT2D eigenvalue weighted by Crippen LogP contribution is 2.29. The van der Waals surface area contributed by atoms with Gasteiger partial charge in [-0.2, -0.15) is 0 Å². The van der Waals surface area contributed by atoms with Crippen LogP contribution in [0.2, 0.25) is 0 Å². The minimum atomic E-state index is -0.175. The maximum atomic E-state index is 12.3. The molecule has 2 aliphatic rings. The predicted molar refractivity (Wildman–Crippen MR) is 81.6 cm³/mol. The Labute approximate surface area is 128 Å². The van der Waals surface area contributed by atoms with E-state index in [-0.39, 0.29) is 17.7 Å². The number of aromatic hydroxyl groups is 1. The van der Waals surface area contributed by atoms with Gasteiger partial charge in [0, 0.05) is 23.7 Å². The van der Waals surface area contributed by atoms with E-state index in [0.717, 1.165) is 18.4 Å². The molecule has 114 valence electrons. The van der Waals surface area contributed by atoms with Crippen molar-refractivity contribution in [3.8, 4) is 17.1 Å². The van der Waals surface area contributed by atoms with Gasteiger partial charge in [0.2, 0.25) is 0 Å². The van der Waals surface area contributed by atoms with Gasteiger partial charge in [-0.05, 0) is 43.5 Å². The normalized spacial score (nSPS) is 26.3. The van der Waals surface area contributed by atoms with Crippen molar-refractivity contribution in [3.05, 3.63) is 42.2 Å². The minimum absolute atomic E-state index is 0.174. The first-order chi connectivity index (χ1) is 10.7. The zero-order valence-corrected chi connectivity index (χ0v) is 12.1. The van der Waals surface area contributed by atoms with E-state index in [4.69, 9.17) is 4.42 Å². The third-order valence-corrected chi connectivity index (χ3v) is 4.58. The number of phenols is 1. The van der Waals surface area contributed by atoms with E-state index >= 15 is 0 Å². The molecule has 0 aliphatic carbocycles. The Bertz CT molecular complexity index is 709. The molecule has 1 aromatic heterocycles. The second-order valence-corrected chi connectivity index (χ2v) is 6.08. The van der Waals surface area contributed by atoms with E-state index < -0.39 is 0 Å². The second kappa shape index (κ2) is 5.18. The van der Waals surface area contributed by atoms with E-state index in [9.17, 15) is 9.90 Å². The molecule has 3 unspecified atom stereocenters. The molecule has 0 saturated carbocycles.